The lowest BCUT2D eigenvalue weighted by atomic mass is 9.99. The number of hydrogen-bond donors (Lipinski definition) is 1. The summed E-state index contributed by atoms with van der Waals surface area (Å²) < 4.78 is 27.1. The van der Waals surface area contributed by atoms with Gasteiger partial charge in [-0.25, -0.2) is 8.42 Å². The molecule has 3 rings (SSSR count). The summed E-state index contributed by atoms with van der Waals surface area (Å²) in [5.74, 6) is -0.380. The van der Waals surface area contributed by atoms with Crippen molar-refractivity contribution in [3.05, 3.63) is 64.7 Å². The number of halogens is 1. The summed E-state index contributed by atoms with van der Waals surface area (Å²) in [4.78, 5) is 12.8. The monoisotopic (exact) mass is 434 g/mol. The van der Waals surface area contributed by atoms with Gasteiger partial charge in [-0.05, 0) is 62.4 Å². The van der Waals surface area contributed by atoms with Gasteiger partial charge in [0, 0.05) is 24.7 Å². The van der Waals surface area contributed by atoms with Crippen molar-refractivity contribution in [2.75, 3.05) is 19.6 Å². The third kappa shape index (κ3) is 5.81. The molecule has 2 aromatic rings. The van der Waals surface area contributed by atoms with E-state index in [0.717, 1.165) is 12.8 Å². The molecule has 0 saturated carbocycles. The Morgan fingerprint density at radius 2 is 1.83 bits per heavy atom. The summed E-state index contributed by atoms with van der Waals surface area (Å²) in [7, 11) is -3.62. The first-order chi connectivity index (χ1) is 13.9. The topological polar surface area (TPSA) is 66.5 Å². The van der Waals surface area contributed by atoms with E-state index >= 15 is 0 Å². The Balaban J connectivity index is 1.51. The molecule has 2 aromatic carbocycles. The van der Waals surface area contributed by atoms with Crippen LogP contribution >= 0.6 is 11.6 Å². The summed E-state index contributed by atoms with van der Waals surface area (Å²) in [6.07, 6.45) is 3.14. The van der Waals surface area contributed by atoms with Crippen LogP contribution in [0.25, 0.3) is 0 Å². The first-order valence-corrected chi connectivity index (χ1v) is 11.8. The van der Waals surface area contributed by atoms with Crippen LogP contribution in [0.1, 0.15) is 30.4 Å². The van der Waals surface area contributed by atoms with E-state index in [1.165, 1.54) is 27.6 Å². The Morgan fingerprint density at radius 1 is 1.14 bits per heavy atom. The lowest BCUT2D eigenvalue weighted by Crippen LogP contribution is -2.45. The highest BCUT2D eigenvalue weighted by Gasteiger charge is 2.33. The Morgan fingerprint density at radius 3 is 2.52 bits per heavy atom. The average Bonchev–Trinajstić information content (AvgIpc) is 2.73. The summed E-state index contributed by atoms with van der Waals surface area (Å²) in [5, 5.41) is 3.47. The molecule has 7 heteroatoms. The molecular formula is C22H27ClN2O3S. The zero-order valence-electron chi connectivity index (χ0n) is 16.6. The fourth-order valence-electron chi connectivity index (χ4n) is 3.53. The fourth-order valence-corrected chi connectivity index (χ4v) is 5.18. The minimum absolute atomic E-state index is 0.0649. The molecule has 29 heavy (non-hydrogen) atoms. The van der Waals surface area contributed by atoms with Crippen molar-refractivity contribution in [1.82, 2.24) is 9.62 Å². The van der Waals surface area contributed by atoms with Gasteiger partial charge in [-0.1, -0.05) is 41.4 Å². The van der Waals surface area contributed by atoms with Crippen LogP contribution in [0.4, 0.5) is 0 Å². The lowest BCUT2D eigenvalue weighted by molar-refractivity contribution is -0.126. The summed E-state index contributed by atoms with van der Waals surface area (Å²) in [5.41, 5.74) is 2.49. The predicted molar refractivity (Wildman–Crippen MR) is 115 cm³/mol. The molecule has 1 atom stereocenters. The van der Waals surface area contributed by atoms with Crippen LogP contribution in [0.5, 0.6) is 0 Å². The molecule has 1 fully saturated rings. The second-order valence-electron chi connectivity index (χ2n) is 7.54. The van der Waals surface area contributed by atoms with E-state index in [9.17, 15) is 13.2 Å². The number of benzene rings is 2. The molecule has 1 amide bonds. The highest BCUT2D eigenvalue weighted by atomic mass is 35.5. The standard InChI is InChI=1S/C22H27ClN2O3S/c1-17-6-8-18(9-7-17)4-2-14-24-22(26)19-5-3-15-25(16-19)29(27,28)21-12-10-20(23)11-13-21/h6-13,19H,2-5,14-16H2,1H3,(H,24,26). The smallest absolute Gasteiger partial charge is 0.243 e. The maximum absolute atomic E-state index is 12.9. The maximum Gasteiger partial charge on any atom is 0.243 e. The first kappa shape index (κ1) is 21.8. The SMILES string of the molecule is Cc1ccc(CCCNC(=O)C2CCCN(S(=O)(=O)c3ccc(Cl)cc3)C2)cc1. The molecule has 1 saturated heterocycles. The summed E-state index contributed by atoms with van der Waals surface area (Å²) >= 11 is 5.86. The number of carbonyl (C=O) groups excluding carboxylic acids is 1. The minimum Gasteiger partial charge on any atom is -0.356 e. The van der Waals surface area contributed by atoms with Crippen LogP contribution in [0.3, 0.4) is 0 Å². The second-order valence-corrected chi connectivity index (χ2v) is 9.91. The summed E-state index contributed by atoms with van der Waals surface area (Å²) in [6, 6.07) is 14.5. The predicted octanol–water partition coefficient (Wildman–Crippen LogP) is 3.80. The number of piperidine rings is 1. The number of hydrogen-bond acceptors (Lipinski definition) is 3. The van der Waals surface area contributed by atoms with Crippen LogP contribution in [0.2, 0.25) is 5.02 Å². The normalized spacial score (nSPS) is 17.8. The van der Waals surface area contributed by atoms with Crippen LogP contribution in [-0.4, -0.2) is 38.3 Å². The third-order valence-corrected chi connectivity index (χ3v) is 7.40. The Kier molecular flexibility index (Phi) is 7.33. The largest absolute Gasteiger partial charge is 0.356 e. The van der Waals surface area contributed by atoms with E-state index in [-0.39, 0.29) is 23.3 Å². The van der Waals surface area contributed by atoms with Gasteiger partial charge >= 0.3 is 0 Å². The van der Waals surface area contributed by atoms with Gasteiger partial charge in [0.25, 0.3) is 0 Å². The molecule has 1 heterocycles. The Labute approximate surface area is 178 Å². The molecular weight excluding hydrogens is 408 g/mol. The molecule has 0 bridgehead atoms. The number of nitrogens with one attached hydrogen (secondary N) is 1. The molecule has 1 unspecified atom stereocenters. The van der Waals surface area contributed by atoms with Crippen LogP contribution in [0.15, 0.2) is 53.4 Å². The van der Waals surface area contributed by atoms with E-state index in [1.807, 2.05) is 0 Å². The molecule has 0 spiro atoms. The van der Waals surface area contributed by atoms with E-state index in [1.54, 1.807) is 12.1 Å². The highest BCUT2D eigenvalue weighted by molar-refractivity contribution is 7.89. The van der Waals surface area contributed by atoms with E-state index < -0.39 is 10.0 Å². The van der Waals surface area contributed by atoms with Gasteiger partial charge in [0.2, 0.25) is 15.9 Å². The number of carbonyl (C=O) groups is 1. The van der Waals surface area contributed by atoms with E-state index in [0.29, 0.717) is 31.0 Å². The van der Waals surface area contributed by atoms with Crippen molar-refractivity contribution in [2.24, 2.45) is 5.92 Å². The lowest BCUT2D eigenvalue weighted by Gasteiger charge is -2.31. The van der Waals surface area contributed by atoms with Crippen LogP contribution in [0, 0.1) is 12.8 Å². The molecule has 1 aliphatic rings. The van der Waals surface area contributed by atoms with Crippen LogP contribution in [-0.2, 0) is 21.2 Å². The molecule has 1 N–H and O–H groups in total. The average molecular weight is 435 g/mol. The maximum atomic E-state index is 12.9. The molecule has 1 aliphatic heterocycles. The van der Waals surface area contributed by atoms with Gasteiger partial charge in [-0.3, -0.25) is 4.79 Å². The highest BCUT2D eigenvalue weighted by Crippen LogP contribution is 2.24. The second kappa shape index (κ2) is 9.74. The van der Waals surface area contributed by atoms with Gasteiger partial charge < -0.3 is 5.32 Å². The molecule has 5 nitrogen and oxygen atoms in total. The van der Waals surface area contributed by atoms with Crippen molar-refractivity contribution in [3.63, 3.8) is 0 Å². The van der Waals surface area contributed by atoms with Crippen molar-refractivity contribution < 1.29 is 13.2 Å². The van der Waals surface area contributed by atoms with E-state index in [4.69, 9.17) is 11.6 Å². The van der Waals surface area contributed by atoms with Gasteiger partial charge in [0.05, 0.1) is 10.8 Å². The number of sulfonamides is 1. The van der Waals surface area contributed by atoms with E-state index in [2.05, 4.69) is 36.5 Å². The van der Waals surface area contributed by atoms with Gasteiger partial charge in [0.15, 0.2) is 0 Å². The minimum atomic E-state index is -3.62. The number of rotatable bonds is 7. The number of nitrogens with zero attached hydrogens (tertiary/aromatic N) is 1. The Hall–Kier alpha value is -1.89. The van der Waals surface area contributed by atoms with Gasteiger partial charge in [0.1, 0.15) is 0 Å². The summed E-state index contributed by atoms with van der Waals surface area (Å²) in [6.45, 7) is 3.30. The third-order valence-electron chi connectivity index (χ3n) is 5.27. The number of amides is 1. The number of aryl methyl sites for hydroxylation is 2. The van der Waals surface area contributed by atoms with Crippen molar-refractivity contribution in [2.45, 2.75) is 37.5 Å². The molecule has 0 radical (unpaired) electrons. The van der Waals surface area contributed by atoms with Crippen molar-refractivity contribution >= 4 is 27.5 Å². The van der Waals surface area contributed by atoms with Crippen molar-refractivity contribution in [1.29, 1.82) is 0 Å². The van der Waals surface area contributed by atoms with Gasteiger partial charge in [-0.15, -0.1) is 0 Å². The first-order valence-electron chi connectivity index (χ1n) is 9.95. The Bertz CT molecular complexity index is 928. The quantitative estimate of drug-likeness (QED) is 0.674. The zero-order chi connectivity index (χ0) is 20.9. The van der Waals surface area contributed by atoms with Gasteiger partial charge in [-0.2, -0.15) is 4.31 Å². The zero-order valence-corrected chi connectivity index (χ0v) is 18.2. The molecule has 0 aromatic heterocycles. The molecule has 156 valence electrons. The molecule has 0 aliphatic carbocycles. The fraction of sp³-hybridized carbons (Fsp3) is 0.409. The van der Waals surface area contributed by atoms with Crippen LogP contribution < -0.4 is 5.32 Å². The van der Waals surface area contributed by atoms with Crippen molar-refractivity contribution in [3.8, 4) is 0 Å².